The summed E-state index contributed by atoms with van der Waals surface area (Å²) in [5, 5.41) is 2.72. The SMILES string of the molecule is CN(C)C(=O)Sc1ccccc1NC(=O)COc1ccccc1C(C)(C)C. The van der Waals surface area contributed by atoms with Crippen molar-refractivity contribution >= 4 is 28.6 Å². The fourth-order valence-corrected chi connectivity index (χ4v) is 3.13. The first kappa shape index (κ1) is 20.8. The predicted octanol–water partition coefficient (Wildman–Crippen LogP) is 4.78. The molecule has 0 unspecified atom stereocenters. The molecule has 2 aromatic rings. The molecule has 27 heavy (non-hydrogen) atoms. The van der Waals surface area contributed by atoms with Crippen LogP contribution in [0.4, 0.5) is 10.5 Å². The summed E-state index contributed by atoms with van der Waals surface area (Å²) >= 11 is 1.07. The highest BCUT2D eigenvalue weighted by Crippen LogP contribution is 2.31. The monoisotopic (exact) mass is 386 g/mol. The molecule has 2 aromatic carbocycles. The van der Waals surface area contributed by atoms with Crippen molar-refractivity contribution in [3.8, 4) is 5.75 Å². The number of carbonyl (C=O) groups excluding carboxylic acids is 2. The summed E-state index contributed by atoms with van der Waals surface area (Å²) in [5.41, 5.74) is 1.56. The number of hydrogen-bond acceptors (Lipinski definition) is 4. The first-order valence-electron chi connectivity index (χ1n) is 8.69. The molecule has 5 nitrogen and oxygen atoms in total. The van der Waals surface area contributed by atoms with Crippen LogP contribution >= 0.6 is 11.8 Å². The summed E-state index contributed by atoms with van der Waals surface area (Å²) in [6.45, 7) is 6.20. The number of benzene rings is 2. The summed E-state index contributed by atoms with van der Waals surface area (Å²) in [6.07, 6.45) is 0. The minimum Gasteiger partial charge on any atom is -0.483 e. The van der Waals surface area contributed by atoms with Crippen LogP contribution in [0.25, 0.3) is 0 Å². The van der Waals surface area contributed by atoms with Crippen LogP contribution in [0.1, 0.15) is 26.3 Å². The summed E-state index contributed by atoms with van der Waals surface area (Å²) in [4.78, 5) is 26.5. The van der Waals surface area contributed by atoms with E-state index in [1.165, 1.54) is 4.90 Å². The Kier molecular flexibility index (Phi) is 6.91. The van der Waals surface area contributed by atoms with Crippen LogP contribution in [-0.2, 0) is 10.2 Å². The van der Waals surface area contributed by atoms with Crippen LogP contribution in [0, 0.1) is 0 Å². The molecule has 0 fully saturated rings. The third kappa shape index (κ3) is 6.03. The Labute approximate surface area is 165 Å². The molecule has 0 aliphatic carbocycles. The number of nitrogens with one attached hydrogen (secondary N) is 1. The van der Waals surface area contributed by atoms with Crippen molar-refractivity contribution in [1.82, 2.24) is 4.90 Å². The number of carbonyl (C=O) groups is 2. The zero-order valence-electron chi connectivity index (χ0n) is 16.4. The number of ether oxygens (including phenoxy) is 1. The molecule has 1 N–H and O–H groups in total. The molecule has 2 rings (SSSR count). The van der Waals surface area contributed by atoms with Gasteiger partial charge in [0.25, 0.3) is 11.1 Å². The van der Waals surface area contributed by atoms with Gasteiger partial charge in [0.2, 0.25) is 0 Å². The summed E-state index contributed by atoms with van der Waals surface area (Å²) in [6, 6.07) is 14.9. The Morgan fingerprint density at radius 3 is 2.33 bits per heavy atom. The molecule has 0 saturated carbocycles. The molecule has 6 heteroatoms. The summed E-state index contributed by atoms with van der Waals surface area (Å²) in [7, 11) is 3.38. The van der Waals surface area contributed by atoms with Crippen molar-refractivity contribution < 1.29 is 14.3 Å². The Balaban J connectivity index is 2.05. The van der Waals surface area contributed by atoms with Crippen LogP contribution in [-0.4, -0.2) is 36.7 Å². The fraction of sp³-hybridized carbons (Fsp3) is 0.333. The second-order valence-corrected chi connectivity index (χ2v) is 8.33. The van der Waals surface area contributed by atoms with E-state index in [2.05, 4.69) is 26.1 Å². The molecule has 2 amide bonds. The van der Waals surface area contributed by atoms with E-state index in [-0.39, 0.29) is 23.2 Å². The number of anilines is 1. The van der Waals surface area contributed by atoms with Crippen molar-refractivity contribution in [2.75, 3.05) is 26.0 Å². The lowest BCUT2D eigenvalue weighted by Crippen LogP contribution is -2.22. The smallest absolute Gasteiger partial charge is 0.286 e. The standard InChI is InChI=1S/C21H26N2O3S/c1-21(2,3)15-10-6-8-12-17(15)26-14-19(24)22-16-11-7-9-13-18(16)27-20(25)23(4)5/h6-13H,14H2,1-5H3,(H,22,24). The summed E-state index contributed by atoms with van der Waals surface area (Å²) in [5.74, 6) is 0.426. The molecule has 0 radical (unpaired) electrons. The maximum atomic E-state index is 12.4. The van der Waals surface area contributed by atoms with E-state index in [4.69, 9.17) is 4.74 Å². The van der Waals surface area contributed by atoms with Crippen LogP contribution in [0.2, 0.25) is 0 Å². The minimum atomic E-state index is -0.274. The van der Waals surface area contributed by atoms with Gasteiger partial charge in [-0.25, -0.2) is 0 Å². The Morgan fingerprint density at radius 2 is 1.67 bits per heavy atom. The van der Waals surface area contributed by atoms with Gasteiger partial charge in [0.05, 0.1) is 5.69 Å². The van der Waals surface area contributed by atoms with Gasteiger partial charge < -0.3 is 15.0 Å². The Hall–Kier alpha value is -2.47. The second kappa shape index (κ2) is 8.95. The topological polar surface area (TPSA) is 58.6 Å². The maximum absolute atomic E-state index is 12.4. The van der Waals surface area contributed by atoms with Crippen LogP contribution in [0.3, 0.4) is 0 Å². The number of nitrogens with zero attached hydrogens (tertiary/aromatic N) is 1. The number of para-hydroxylation sites is 2. The zero-order chi connectivity index (χ0) is 20.0. The van der Waals surface area contributed by atoms with Gasteiger partial charge in [-0.2, -0.15) is 0 Å². The maximum Gasteiger partial charge on any atom is 0.286 e. The molecule has 0 aliphatic heterocycles. The first-order valence-corrected chi connectivity index (χ1v) is 9.50. The van der Waals surface area contributed by atoms with Crippen molar-refractivity contribution in [2.24, 2.45) is 0 Å². The number of amides is 2. The van der Waals surface area contributed by atoms with E-state index in [9.17, 15) is 9.59 Å². The molecule has 0 aromatic heterocycles. The van der Waals surface area contributed by atoms with Gasteiger partial charge >= 0.3 is 0 Å². The highest BCUT2D eigenvalue weighted by atomic mass is 32.2. The van der Waals surface area contributed by atoms with E-state index in [0.717, 1.165) is 17.3 Å². The van der Waals surface area contributed by atoms with Crippen molar-refractivity contribution in [3.63, 3.8) is 0 Å². The molecule has 0 heterocycles. The third-order valence-corrected chi connectivity index (χ3v) is 4.89. The fourth-order valence-electron chi connectivity index (χ4n) is 2.39. The minimum absolute atomic E-state index is 0.0805. The first-order chi connectivity index (χ1) is 12.7. The van der Waals surface area contributed by atoms with Crippen LogP contribution in [0.5, 0.6) is 5.75 Å². The third-order valence-electron chi connectivity index (χ3n) is 3.78. The molecule has 0 atom stereocenters. The van der Waals surface area contributed by atoms with Crippen molar-refractivity contribution in [3.05, 3.63) is 54.1 Å². The van der Waals surface area contributed by atoms with E-state index < -0.39 is 0 Å². The second-order valence-electron chi connectivity index (χ2n) is 7.34. The normalized spacial score (nSPS) is 11.0. The average molecular weight is 387 g/mol. The Morgan fingerprint density at radius 1 is 1.04 bits per heavy atom. The Bertz CT molecular complexity index is 813. The highest BCUT2D eigenvalue weighted by Gasteiger charge is 2.19. The molecule has 0 saturated heterocycles. The van der Waals surface area contributed by atoms with Crippen LogP contribution < -0.4 is 10.1 Å². The number of rotatable bonds is 5. The lowest BCUT2D eigenvalue weighted by Gasteiger charge is -2.22. The van der Waals surface area contributed by atoms with Gasteiger partial charge in [0.15, 0.2) is 6.61 Å². The van der Waals surface area contributed by atoms with E-state index >= 15 is 0 Å². The van der Waals surface area contributed by atoms with Gasteiger partial charge in [-0.3, -0.25) is 9.59 Å². The van der Waals surface area contributed by atoms with E-state index in [0.29, 0.717) is 16.3 Å². The van der Waals surface area contributed by atoms with Gasteiger partial charge in [-0.05, 0) is 40.9 Å². The van der Waals surface area contributed by atoms with E-state index in [1.807, 2.05) is 36.4 Å². The summed E-state index contributed by atoms with van der Waals surface area (Å²) < 4.78 is 5.76. The average Bonchev–Trinajstić information content (AvgIpc) is 2.61. The van der Waals surface area contributed by atoms with Gasteiger partial charge in [0, 0.05) is 19.0 Å². The van der Waals surface area contributed by atoms with Gasteiger partial charge in [-0.1, -0.05) is 51.1 Å². The van der Waals surface area contributed by atoms with Crippen molar-refractivity contribution in [2.45, 2.75) is 31.1 Å². The molecular formula is C21H26N2O3S. The number of thioether (sulfide) groups is 1. The molecule has 0 bridgehead atoms. The van der Waals surface area contributed by atoms with Gasteiger partial charge in [0.1, 0.15) is 5.75 Å². The van der Waals surface area contributed by atoms with Crippen molar-refractivity contribution in [1.29, 1.82) is 0 Å². The van der Waals surface area contributed by atoms with E-state index in [1.54, 1.807) is 26.2 Å². The number of hydrogen-bond donors (Lipinski definition) is 1. The molecule has 0 aliphatic rings. The largest absolute Gasteiger partial charge is 0.483 e. The molecular weight excluding hydrogens is 360 g/mol. The highest BCUT2D eigenvalue weighted by molar-refractivity contribution is 8.13. The lowest BCUT2D eigenvalue weighted by molar-refractivity contribution is -0.118. The van der Waals surface area contributed by atoms with Crippen LogP contribution in [0.15, 0.2) is 53.4 Å². The quantitative estimate of drug-likeness (QED) is 0.752. The molecule has 144 valence electrons. The molecule has 0 spiro atoms. The predicted molar refractivity (Wildman–Crippen MR) is 111 cm³/mol. The lowest BCUT2D eigenvalue weighted by atomic mass is 9.86. The van der Waals surface area contributed by atoms with Gasteiger partial charge in [-0.15, -0.1) is 0 Å². The zero-order valence-corrected chi connectivity index (χ0v) is 17.2.